The van der Waals surface area contributed by atoms with Crippen LogP contribution in [0.15, 0.2) is 54.6 Å². The number of rotatable bonds is 26. The molecule has 35 nitrogen and oxygen atoms in total. The fourth-order valence-electron chi connectivity index (χ4n) is 10.5. The van der Waals surface area contributed by atoms with Gasteiger partial charge in [0.05, 0.1) is 44.6 Å². The second-order valence-corrected chi connectivity index (χ2v) is 21.5. The van der Waals surface area contributed by atoms with Crippen molar-refractivity contribution in [2.75, 3.05) is 39.5 Å². The van der Waals surface area contributed by atoms with Crippen LogP contribution < -0.4 is 47.7 Å². The van der Waals surface area contributed by atoms with E-state index < -0.39 is 221 Å². The van der Waals surface area contributed by atoms with Crippen LogP contribution in [0.25, 0.3) is 0 Å². The van der Waals surface area contributed by atoms with Gasteiger partial charge in [-0.05, 0) is 23.3 Å². The Balaban J connectivity index is 1.15. The van der Waals surface area contributed by atoms with E-state index in [1.165, 1.54) is 30.6 Å². The lowest BCUT2D eigenvalue weighted by molar-refractivity contribution is -0.352. The minimum atomic E-state index is -2.29. The molecule has 87 heavy (non-hydrogen) atoms. The average Bonchev–Trinajstić information content (AvgIpc) is 2.34. The van der Waals surface area contributed by atoms with Gasteiger partial charge in [-0.3, -0.25) is 34.8 Å². The number of aliphatic hydroxyl groups is 14. The minimum absolute atomic E-state index is 0.0505. The SMILES string of the molecule is CC(c1ccccc1)[C@H](N)C(=O)N[C@@H](Cc1ccc(OC2OC(CO)C(OC3OC(CO)C(O)C(O)C3O)C(O)C2O)cc1)C(=O)N[C@H](C(=O)N[C@H](C(=O)N[C@H]([C]=O)CO)C(O)C1CNC(=N)N1C1OC(CO)C(O)C(O)C1O)C(O)C1CNC(=N)N1. The maximum atomic E-state index is 14.9. The first kappa shape index (κ1) is 68.1. The zero-order valence-corrected chi connectivity index (χ0v) is 46.4. The number of nitrogens with two attached hydrogens (primary N) is 1. The van der Waals surface area contributed by atoms with Gasteiger partial charge in [-0.25, -0.2) is 0 Å². The van der Waals surface area contributed by atoms with Gasteiger partial charge in [0.1, 0.15) is 115 Å². The predicted octanol–water partition coefficient (Wildman–Crippen LogP) is -12.4. The lowest BCUT2D eigenvalue weighted by Crippen LogP contribution is -2.69. The molecular weight excluding hydrogens is 1160 g/mol. The standard InChI is InChI=1S/C52H76N11O24/c1-19(21-5-3-2-4-6-21)30(53)45(80)59-24(11-20-7-9-23(10-8-20)83-49-42(78)39(75)43(29(18-68)86-49)87-50-41(77)38(74)36(72)28(17-67)85-50)44(79)61-31(33(69)25-12-56-51(54)60-25)47(82)62-32(46(81)58-22(14-64)15-65)34(70)26-13-57-52(55)63(26)48-40(76)37(73)35(71)27(16-66)84-48/h2-10,19,22,24-43,48-50,64,66-78H,11-14,16-18,53H2,1H3,(H2,55,57)(H,58,81)(H,59,80)(H,61,79)(H,62,82)(H3,54,56,60)/t19?,22-,24-,25?,26?,27?,28?,29?,30-,31-,32-,33?,34?,35?,36?,37?,38?,39?,40?,41?,42?,43?,48?,49?,50?/m0/s1. The van der Waals surface area contributed by atoms with E-state index in [2.05, 4.69) is 37.2 Å². The number of nitrogens with one attached hydrogen (secondary N) is 9. The molecule has 0 saturated carbocycles. The summed E-state index contributed by atoms with van der Waals surface area (Å²) in [6, 6.07) is 1.85. The number of aliphatic hydroxyl groups excluding tert-OH is 14. The molecule has 25 N–H and O–H groups in total. The molecule has 5 fully saturated rings. The van der Waals surface area contributed by atoms with Crippen molar-refractivity contribution in [3.05, 3.63) is 65.7 Å². The van der Waals surface area contributed by atoms with Gasteiger partial charge in [0.25, 0.3) is 0 Å². The third-order valence-corrected chi connectivity index (χ3v) is 15.7. The Bertz CT molecular complexity index is 2660. The summed E-state index contributed by atoms with van der Waals surface area (Å²) in [5.41, 5.74) is 7.37. The van der Waals surface area contributed by atoms with E-state index in [1.807, 2.05) is 0 Å². The number of amides is 4. The normalized spacial score (nSPS) is 33.6. The van der Waals surface area contributed by atoms with Crippen LogP contribution in [-0.4, -0.2) is 304 Å². The van der Waals surface area contributed by atoms with Crippen molar-refractivity contribution in [3.63, 3.8) is 0 Å². The minimum Gasteiger partial charge on any atom is -0.462 e. The largest absolute Gasteiger partial charge is 0.462 e. The first-order valence-corrected chi connectivity index (χ1v) is 27.6. The Kier molecular flexibility index (Phi) is 23.6. The molecule has 1 radical (unpaired) electrons. The Labute approximate surface area is 495 Å². The summed E-state index contributed by atoms with van der Waals surface area (Å²) >= 11 is 0. The number of nitrogens with zero attached hydrogens (tertiary/aromatic N) is 1. The molecule has 5 aliphatic heterocycles. The molecule has 20 unspecified atom stereocenters. The predicted molar refractivity (Wildman–Crippen MR) is 290 cm³/mol. The maximum absolute atomic E-state index is 14.9. The smallest absolute Gasteiger partial charge is 0.246 e. The second-order valence-electron chi connectivity index (χ2n) is 21.5. The molecule has 5 saturated heterocycles. The van der Waals surface area contributed by atoms with Gasteiger partial charge >= 0.3 is 0 Å². The van der Waals surface area contributed by atoms with E-state index in [4.69, 9.17) is 40.2 Å². The molecule has 0 bridgehead atoms. The van der Waals surface area contributed by atoms with Crippen LogP contribution >= 0.6 is 0 Å². The maximum Gasteiger partial charge on any atom is 0.246 e. The quantitative estimate of drug-likeness (QED) is 0.0416. The van der Waals surface area contributed by atoms with Crippen molar-refractivity contribution in [3.8, 4) is 5.75 Å². The Morgan fingerprint density at radius 3 is 1.85 bits per heavy atom. The molecule has 35 heteroatoms. The van der Waals surface area contributed by atoms with E-state index in [1.54, 1.807) is 37.3 Å². The number of carbonyl (C=O) groups excluding carboxylic acids is 5. The number of guanidine groups is 2. The molecule has 0 aliphatic carbocycles. The number of benzene rings is 2. The average molecular weight is 1240 g/mol. The first-order chi connectivity index (χ1) is 41.4. The molecule has 5 aliphatic rings. The number of hydrogen-bond acceptors (Lipinski definition) is 27. The van der Waals surface area contributed by atoms with Gasteiger partial charge in [0.15, 0.2) is 24.4 Å². The Morgan fingerprint density at radius 1 is 0.678 bits per heavy atom. The molecule has 2 aromatic carbocycles. The van der Waals surface area contributed by atoms with E-state index in [9.17, 15) is 95.5 Å². The summed E-state index contributed by atoms with van der Waals surface area (Å²) in [6.07, 6.45) is -30.0. The van der Waals surface area contributed by atoms with E-state index in [0.717, 1.165) is 4.90 Å². The third kappa shape index (κ3) is 15.5. The fourth-order valence-corrected chi connectivity index (χ4v) is 10.5. The van der Waals surface area contributed by atoms with Crippen molar-refractivity contribution in [1.82, 2.24) is 42.1 Å². The monoisotopic (exact) mass is 1240 g/mol. The zero-order chi connectivity index (χ0) is 63.7. The Morgan fingerprint density at radius 2 is 1.25 bits per heavy atom. The van der Waals surface area contributed by atoms with E-state index in [-0.39, 0.29) is 23.8 Å². The fraction of sp³-hybridized carbons (Fsp3) is 0.635. The van der Waals surface area contributed by atoms with Crippen LogP contribution in [0.1, 0.15) is 24.0 Å². The van der Waals surface area contributed by atoms with Crippen molar-refractivity contribution in [2.45, 2.75) is 166 Å². The summed E-state index contributed by atoms with van der Waals surface area (Å²) in [6.45, 7) is -2.66. The second kappa shape index (κ2) is 30.2. The van der Waals surface area contributed by atoms with Crippen molar-refractivity contribution in [2.24, 2.45) is 5.73 Å². The van der Waals surface area contributed by atoms with Crippen molar-refractivity contribution in [1.29, 1.82) is 10.8 Å². The van der Waals surface area contributed by atoms with Crippen molar-refractivity contribution >= 4 is 41.8 Å². The molecule has 483 valence electrons. The van der Waals surface area contributed by atoms with Gasteiger partial charge in [-0.15, -0.1) is 0 Å². The number of hydrogen-bond donors (Lipinski definition) is 24. The lowest BCUT2D eigenvalue weighted by atomic mass is 9.93. The zero-order valence-electron chi connectivity index (χ0n) is 46.4. The van der Waals surface area contributed by atoms with Gasteiger partial charge in [0.2, 0.25) is 36.2 Å². The summed E-state index contributed by atoms with van der Waals surface area (Å²) in [5.74, 6) is -6.54. The molecule has 4 amide bonds. The van der Waals surface area contributed by atoms with Crippen LogP contribution in [-0.2, 0) is 49.3 Å². The highest BCUT2D eigenvalue weighted by Gasteiger charge is 2.54. The number of carbonyl (C=O) groups is 4. The molecule has 0 spiro atoms. The van der Waals surface area contributed by atoms with Gasteiger partial charge in [-0.1, -0.05) is 49.4 Å². The molecule has 0 aromatic heterocycles. The van der Waals surface area contributed by atoms with Crippen molar-refractivity contribution < 1.29 is 119 Å². The molecular formula is C52H76N11O24. The Hall–Kier alpha value is -6.43. The molecule has 2 aromatic rings. The van der Waals surface area contributed by atoms with Crippen LogP contribution in [0.3, 0.4) is 0 Å². The summed E-state index contributed by atoms with van der Waals surface area (Å²) in [4.78, 5) is 70.5. The van der Waals surface area contributed by atoms with Crippen LogP contribution in [0.4, 0.5) is 0 Å². The van der Waals surface area contributed by atoms with Gasteiger partial charge in [-0.2, -0.15) is 0 Å². The molecule has 25 atom stereocenters. The molecule has 5 heterocycles. The lowest BCUT2D eigenvalue weighted by Gasteiger charge is -2.46. The van der Waals surface area contributed by atoms with E-state index in [0.29, 0.717) is 5.56 Å². The van der Waals surface area contributed by atoms with Gasteiger partial charge in [0, 0.05) is 25.4 Å². The highest BCUT2D eigenvalue weighted by Crippen LogP contribution is 2.32. The van der Waals surface area contributed by atoms with Crippen LogP contribution in [0.2, 0.25) is 0 Å². The molecule has 7 rings (SSSR count). The van der Waals surface area contributed by atoms with E-state index >= 15 is 0 Å². The highest BCUT2D eigenvalue weighted by atomic mass is 16.7. The topological polar surface area (TPSA) is 576 Å². The highest BCUT2D eigenvalue weighted by molar-refractivity contribution is 5.96. The third-order valence-electron chi connectivity index (χ3n) is 15.7. The summed E-state index contributed by atoms with van der Waals surface area (Å²) in [7, 11) is 0. The summed E-state index contributed by atoms with van der Waals surface area (Å²) < 4.78 is 28.2. The van der Waals surface area contributed by atoms with Crippen LogP contribution in [0.5, 0.6) is 5.75 Å². The first-order valence-electron chi connectivity index (χ1n) is 27.6. The van der Waals surface area contributed by atoms with Gasteiger partial charge < -0.3 is 143 Å². The number of ether oxygens (including phenoxy) is 5. The van der Waals surface area contributed by atoms with Crippen LogP contribution in [0, 0.1) is 10.8 Å². The summed E-state index contributed by atoms with van der Waals surface area (Å²) in [5, 5.41) is 183.